The van der Waals surface area contributed by atoms with Crippen LogP contribution in [0.1, 0.15) is 49.7 Å². The highest BCUT2D eigenvalue weighted by Crippen LogP contribution is 2.67. The lowest BCUT2D eigenvalue weighted by Gasteiger charge is -2.52. The van der Waals surface area contributed by atoms with E-state index >= 15 is 0 Å². The highest BCUT2D eigenvalue weighted by molar-refractivity contribution is 9.09. The molecule has 1 aromatic carbocycles. The molecule has 1 aliphatic heterocycles. The number of alkyl halides is 1. The molecule has 4 heteroatoms. The first-order chi connectivity index (χ1) is 11.6. The van der Waals surface area contributed by atoms with Crippen molar-refractivity contribution in [3.05, 3.63) is 29.3 Å². The number of hydrogen-bond acceptors (Lipinski definition) is 3. The summed E-state index contributed by atoms with van der Waals surface area (Å²) in [5.41, 5.74) is 2.94. The minimum absolute atomic E-state index is 0.104. The van der Waals surface area contributed by atoms with Crippen LogP contribution in [0.5, 0.6) is 5.75 Å². The average Bonchev–Trinajstić information content (AvgIpc) is 3.15. The molecular formula is C20H25BrO3. The van der Waals surface area contributed by atoms with E-state index in [-0.39, 0.29) is 5.41 Å². The van der Waals surface area contributed by atoms with Gasteiger partial charge in [0.2, 0.25) is 0 Å². The topological polar surface area (TPSA) is 38.7 Å². The van der Waals surface area contributed by atoms with Gasteiger partial charge in [0, 0.05) is 5.41 Å². The maximum Gasteiger partial charge on any atom is 0.186 e. The van der Waals surface area contributed by atoms with Gasteiger partial charge in [-0.05, 0) is 73.1 Å². The first-order valence-corrected chi connectivity index (χ1v) is 10.2. The molecule has 2 saturated carbocycles. The fourth-order valence-electron chi connectivity index (χ4n) is 6.43. The molecule has 4 aliphatic rings. The Hall–Kier alpha value is -0.580. The van der Waals surface area contributed by atoms with Gasteiger partial charge in [0.05, 0.1) is 18.0 Å². The minimum atomic E-state index is -0.419. The number of aromatic hydroxyl groups is 1. The van der Waals surface area contributed by atoms with Crippen molar-refractivity contribution < 1.29 is 14.6 Å². The van der Waals surface area contributed by atoms with E-state index < -0.39 is 5.79 Å². The van der Waals surface area contributed by atoms with Gasteiger partial charge in [-0.1, -0.05) is 28.9 Å². The number of fused-ring (bicyclic) bond motifs is 6. The quantitative estimate of drug-likeness (QED) is 0.666. The molecule has 1 aromatic rings. The molecule has 0 bridgehead atoms. The molecule has 1 N–H and O–H groups in total. The number of aryl methyl sites for hydroxylation is 1. The SMILES string of the molecule is CC12CCC3c4ccc(O)cc4CCC3C1C[C@@H](Br)C21OCCO1. The van der Waals surface area contributed by atoms with Crippen LogP contribution in [-0.2, 0) is 15.9 Å². The monoisotopic (exact) mass is 392 g/mol. The van der Waals surface area contributed by atoms with Crippen molar-refractivity contribution in [3.63, 3.8) is 0 Å². The number of benzene rings is 1. The van der Waals surface area contributed by atoms with Crippen LogP contribution in [0, 0.1) is 17.3 Å². The fourth-order valence-corrected chi connectivity index (χ4v) is 7.62. The second-order valence-corrected chi connectivity index (χ2v) is 9.43. The summed E-state index contributed by atoms with van der Waals surface area (Å²) in [6.45, 7) is 3.86. The first-order valence-electron chi connectivity index (χ1n) is 9.29. The van der Waals surface area contributed by atoms with Crippen LogP contribution < -0.4 is 0 Å². The van der Waals surface area contributed by atoms with E-state index in [2.05, 4.69) is 28.9 Å². The van der Waals surface area contributed by atoms with Crippen LogP contribution in [0.3, 0.4) is 0 Å². The molecule has 24 heavy (non-hydrogen) atoms. The zero-order valence-corrected chi connectivity index (χ0v) is 15.7. The molecule has 130 valence electrons. The van der Waals surface area contributed by atoms with E-state index in [9.17, 15) is 5.11 Å². The van der Waals surface area contributed by atoms with Gasteiger partial charge in [0.25, 0.3) is 0 Å². The second-order valence-electron chi connectivity index (χ2n) is 8.32. The summed E-state index contributed by atoms with van der Waals surface area (Å²) < 4.78 is 12.5. The highest BCUT2D eigenvalue weighted by atomic mass is 79.9. The third-order valence-electron chi connectivity index (χ3n) is 7.49. The lowest BCUT2D eigenvalue weighted by molar-refractivity contribution is -0.233. The summed E-state index contributed by atoms with van der Waals surface area (Å²) >= 11 is 3.92. The van der Waals surface area contributed by atoms with Crippen molar-refractivity contribution in [2.24, 2.45) is 17.3 Å². The number of rotatable bonds is 0. The number of halogens is 1. The largest absolute Gasteiger partial charge is 0.508 e. The Morgan fingerprint density at radius 2 is 2.00 bits per heavy atom. The number of ether oxygens (including phenoxy) is 2. The number of hydrogen-bond donors (Lipinski definition) is 1. The molecule has 0 aromatic heterocycles. The zero-order chi connectivity index (χ0) is 16.5. The Balaban J connectivity index is 1.53. The summed E-state index contributed by atoms with van der Waals surface area (Å²) in [6, 6.07) is 6.01. The number of phenolic OH excluding ortho intramolecular Hbond substituents is 1. The maximum atomic E-state index is 9.81. The summed E-state index contributed by atoms with van der Waals surface area (Å²) in [5.74, 6) is 1.95. The van der Waals surface area contributed by atoms with Gasteiger partial charge in [-0.15, -0.1) is 0 Å². The molecular weight excluding hydrogens is 368 g/mol. The molecule has 3 fully saturated rings. The van der Waals surface area contributed by atoms with Crippen molar-refractivity contribution in [1.82, 2.24) is 0 Å². The van der Waals surface area contributed by atoms with E-state index in [1.807, 2.05) is 12.1 Å². The van der Waals surface area contributed by atoms with Gasteiger partial charge < -0.3 is 14.6 Å². The second kappa shape index (κ2) is 5.21. The molecule has 1 spiro atoms. The van der Waals surface area contributed by atoms with Gasteiger partial charge in [-0.2, -0.15) is 0 Å². The molecule has 1 saturated heterocycles. The van der Waals surface area contributed by atoms with E-state index in [1.54, 1.807) is 0 Å². The van der Waals surface area contributed by atoms with E-state index in [0.29, 0.717) is 28.3 Å². The fraction of sp³-hybridized carbons (Fsp3) is 0.700. The maximum absolute atomic E-state index is 9.81. The Morgan fingerprint density at radius 3 is 2.79 bits per heavy atom. The molecule has 5 atom stereocenters. The lowest BCUT2D eigenvalue weighted by atomic mass is 9.55. The first kappa shape index (κ1) is 15.7. The smallest absolute Gasteiger partial charge is 0.186 e. The number of phenols is 1. The Bertz CT molecular complexity index is 669. The van der Waals surface area contributed by atoms with Crippen LogP contribution in [0.4, 0.5) is 0 Å². The van der Waals surface area contributed by atoms with Crippen LogP contribution in [0.2, 0.25) is 0 Å². The van der Waals surface area contributed by atoms with Gasteiger partial charge in [-0.25, -0.2) is 0 Å². The summed E-state index contributed by atoms with van der Waals surface area (Å²) in [6.07, 6.45) is 5.80. The zero-order valence-electron chi connectivity index (χ0n) is 14.1. The van der Waals surface area contributed by atoms with Crippen molar-refractivity contribution in [2.45, 2.75) is 55.6 Å². The van der Waals surface area contributed by atoms with Gasteiger partial charge in [-0.3, -0.25) is 0 Å². The van der Waals surface area contributed by atoms with Crippen LogP contribution in [-0.4, -0.2) is 28.9 Å². The standard InChI is InChI=1S/C20H25BrO3/c1-19-7-6-15-14-5-3-13(22)10-12(14)2-4-16(15)17(19)11-18(21)20(19)23-8-9-24-20/h3,5,10,15-18,22H,2,4,6-9,11H2,1H3/t15?,16?,17?,18-,19?/m1/s1. The summed E-state index contributed by atoms with van der Waals surface area (Å²) in [7, 11) is 0. The summed E-state index contributed by atoms with van der Waals surface area (Å²) in [5, 5.41) is 9.81. The van der Waals surface area contributed by atoms with E-state index in [1.165, 1.54) is 24.0 Å². The van der Waals surface area contributed by atoms with Gasteiger partial charge in [0.15, 0.2) is 5.79 Å². The van der Waals surface area contributed by atoms with Crippen LogP contribution in [0.25, 0.3) is 0 Å². The lowest BCUT2D eigenvalue weighted by Crippen LogP contribution is -2.53. The Kier molecular flexibility index (Phi) is 3.40. The van der Waals surface area contributed by atoms with Gasteiger partial charge >= 0.3 is 0 Å². The molecule has 5 rings (SSSR count). The molecule has 0 amide bonds. The van der Waals surface area contributed by atoms with Crippen molar-refractivity contribution >= 4 is 15.9 Å². The minimum Gasteiger partial charge on any atom is -0.508 e. The molecule has 0 radical (unpaired) electrons. The van der Waals surface area contributed by atoms with Crippen molar-refractivity contribution in [3.8, 4) is 5.75 Å². The van der Waals surface area contributed by atoms with Crippen molar-refractivity contribution in [2.75, 3.05) is 13.2 Å². The third-order valence-corrected chi connectivity index (χ3v) is 8.46. The average molecular weight is 393 g/mol. The predicted octanol–water partition coefficient (Wildman–Crippen LogP) is 4.36. The molecule has 1 heterocycles. The molecule has 3 nitrogen and oxygen atoms in total. The van der Waals surface area contributed by atoms with E-state index in [4.69, 9.17) is 9.47 Å². The Morgan fingerprint density at radius 1 is 1.21 bits per heavy atom. The third kappa shape index (κ3) is 1.85. The van der Waals surface area contributed by atoms with Crippen LogP contribution >= 0.6 is 15.9 Å². The Labute approximate surface area is 151 Å². The van der Waals surface area contributed by atoms with Crippen molar-refractivity contribution in [1.29, 1.82) is 0 Å². The van der Waals surface area contributed by atoms with Crippen LogP contribution in [0.15, 0.2) is 18.2 Å². The predicted molar refractivity (Wildman–Crippen MR) is 95.5 cm³/mol. The van der Waals surface area contributed by atoms with Gasteiger partial charge in [0.1, 0.15) is 5.75 Å². The summed E-state index contributed by atoms with van der Waals surface area (Å²) in [4.78, 5) is 0.294. The highest BCUT2D eigenvalue weighted by Gasteiger charge is 2.68. The normalized spacial score (nSPS) is 42.6. The molecule has 4 unspecified atom stereocenters. The molecule has 3 aliphatic carbocycles. The van der Waals surface area contributed by atoms with E-state index in [0.717, 1.165) is 32.5 Å².